The molecule has 1 heterocycles. The Bertz CT molecular complexity index is 628. The third kappa shape index (κ3) is 5.05. The van der Waals surface area contributed by atoms with Crippen molar-refractivity contribution in [2.75, 3.05) is 6.61 Å². The van der Waals surface area contributed by atoms with Crippen LogP contribution in [-0.2, 0) is 9.59 Å². The van der Waals surface area contributed by atoms with E-state index in [0.29, 0.717) is 10.8 Å². The SMILES string of the molecule is O=C(O)C[C@@H](NC(=O)COc1ccc(Cl)cc1)c1cccs1. The third-order valence-corrected chi connectivity index (χ3v) is 4.02. The number of carboxylic acids is 1. The number of carbonyl (C=O) groups excluding carboxylic acids is 1. The Morgan fingerprint density at radius 3 is 2.59 bits per heavy atom. The lowest BCUT2D eigenvalue weighted by molar-refractivity contribution is -0.137. The van der Waals surface area contributed by atoms with Crippen LogP contribution in [0.5, 0.6) is 5.75 Å². The molecule has 0 aliphatic rings. The quantitative estimate of drug-likeness (QED) is 0.812. The molecule has 0 spiro atoms. The highest BCUT2D eigenvalue weighted by molar-refractivity contribution is 7.10. The molecule has 5 nitrogen and oxygen atoms in total. The Labute approximate surface area is 136 Å². The Kier molecular flexibility index (Phi) is 5.80. The molecule has 1 amide bonds. The molecule has 0 aliphatic heterocycles. The topological polar surface area (TPSA) is 75.6 Å². The maximum absolute atomic E-state index is 11.9. The van der Waals surface area contributed by atoms with Crippen molar-refractivity contribution in [3.63, 3.8) is 0 Å². The zero-order valence-corrected chi connectivity index (χ0v) is 13.1. The second kappa shape index (κ2) is 7.82. The standard InChI is InChI=1S/C15H14ClNO4S/c16-10-3-5-11(6-4-10)21-9-14(18)17-12(8-15(19)20)13-2-1-7-22-13/h1-7,12H,8-9H2,(H,17,18)(H,19,20)/t12-/m1/s1. The molecule has 1 atom stereocenters. The average molecular weight is 340 g/mol. The number of hydrogen-bond acceptors (Lipinski definition) is 4. The molecule has 0 unspecified atom stereocenters. The number of thiophene rings is 1. The number of benzene rings is 1. The summed E-state index contributed by atoms with van der Waals surface area (Å²) in [5, 5.41) is 14.0. The van der Waals surface area contributed by atoms with Gasteiger partial charge < -0.3 is 15.2 Å². The van der Waals surface area contributed by atoms with Crippen molar-refractivity contribution in [2.45, 2.75) is 12.5 Å². The molecule has 0 bridgehead atoms. The molecular formula is C15H14ClNO4S. The van der Waals surface area contributed by atoms with Crippen molar-refractivity contribution in [3.8, 4) is 5.75 Å². The largest absolute Gasteiger partial charge is 0.484 e. The first-order valence-electron chi connectivity index (χ1n) is 6.47. The summed E-state index contributed by atoms with van der Waals surface area (Å²) in [6.07, 6.45) is -0.173. The second-order valence-corrected chi connectivity index (χ2v) is 5.89. The Hall–Kier alpha value is -2.05. The lowest BCUT2D eigenvalue weighted by atomic mass is 10.1. The molecule has 1 aromatic heterocycles. The minimum atomic E-state index is -0.975. The average Bonchev–Trinajstić information content (AvgIpc) is 3.00. The fourth-order valence-corrected chi connectivity index (χ4v) is 2.71. The minimum Gasteiger partial charge on any atom is -0.484 e. The van der Waals surface area contributed by atoms with Gasteiger partial charge in [-0.3, -0.25) is 9.59 Å². The van der Waals surface area contributed by atoms with E-state index in [2.05, 4.69) is 5.32 Å². The maximum Gasteiger partial charge on any atom is 0.305 e. The van der Waals surface area contributed by atoms with Crippen molar-refractivity contribution < 1.29 is 19.4 Å². The molecule has 0 saturated heterocycles. The number of halogens is 1. The van der Waals surface area contributed by atoms with Gasteiger partial charge in [0.2, 0.25) is 0 Å². The molecule has 2 N–H and O–H groups in total. The monoisotopic (exact) mass is 339 g/mol. The zero-order valence-electron chi connectivity index (χ0n) is 11.5. The van der Waals surface area contributed by atoms with Crippen LogP contribution in [0.15, 0.2) is 41.8 Å². The number of carbonyl (C=O) groups is 2. The molecular weight excluding hydrogens is 326 g/mol. The summed E-state index contributed by atoms with van der Waals surface area (Å²) in [7, 11) is 0. The highest BCUT2D eigenvalue weighted by Crippen LogP contribution is 2.22. The van der Waals surface area contributed by atoms with Crippen LogP contribution in [0.2, 0.25) is 5.02 Å². The summed E-state index contributed by atoms with van der Waals surface area (Å²) in [6.45, 7) is -0.191. The van der Waals surface area contributed by atoms with Gasteiger partial charge in [-0.2, -0.15) is 0 Å². The molecule has 0 radical (unpaired) electrons. The van der Waals surface area contributed by atoms with Gasteiger partial charge >= 0.3 is 5.97 Å². The molecule has 22 heavy (non-hydrogen) atoms. The van der Waals surface area contributed by atoms with Gasteiger partial charge in [-0.1, -0.05) is 17.7 Å². The van der Waals surface area contributed by atoms with Crippen LogP contribution in [0.25, 0.3) is 0 Å². The van der Waals surface area contributed by atoms with Gasteiger partial charge in [0.25, 0.3) is 5.91 Å². The first-order chi connectivity index (χ1) is 10.5. The van der Waals surface area contributed by atoms with Crippen molar-refractivity contribution in [1.82, 2.24) is 5.32 Å². The number of rotatable bonds is 7. The lowest BCUT2D eigenvalue weighted by Gasteiger charge is -2.15. The molecule has 116 valence electrons. The Morgan fingerprint density at radius 2 is 2.00 bits per heavy atom. The number of nitrogens with one attached hydrogen (secondary N) is 1. The van der Waals surface area contributed by atoms with Gasteiger partial charge in [-0.15, -0.1) is 11.3 Å². The Morgan fingerprint density at radius 1 is 1.27 bits per heavy atom. The molecule has 1 aromatic carbocycles. The van der Waals surface area contributed by atoms with Gasteiger partial charge in [0.05, 0.1) is 12.5 Å². The molecule has 0 fully saturated rings. The van der Waals surface area contributed by atoms with E-state index in [0.717, 1.165) is 4.88 Å². The molecule has 0 aliphatic carbocycles. The minimum absolute atomic E-state index is 0.173. The predicted molar refractivity (Wildman–Crippen MR) is 84.4 cm³/mol. The number of hydrogen-bond donors (Lipinski definition) is 2. The summed E-state index contributed by atoms with van der Waals surface area (Å²) in [5.41, 5.74) is 0. The number of amides is 1. The summed E-state index contributed by atoms with van der Waals surface area (Å²) < 4.78 is 5.33. The van der Waals surface area contributed by atoms with Crippen LogP contribution in [0, 0.1) is 0 Å². The number of ether oxygens (including phenoxy) is 1. The summed E-state index contributed by atoms with van der Waals surface area (Å²) in [5.74, 6) is -0.836. The summed E-state index contributed by atoms with van der Waals surface area (Å²) in [6, 6.07) is 9.68. The molecule has 0 saturated carbocycles. The van der Waals surface area contributed by atoms with E-state index in [9.17, 15) is 9.59 Å². The lowest BCUT2D eigenvalue weighted by Crippen LogP contribution is -2.33. The van der Waals surface area contributed by atoms with E-state index < -0.39 is 12.0 Å². The predicted octanol–water partition coefficient (Wildman–Crippen LogP) is 3.11. The van der Waals surface area contributed by atoms with Crippen molar-refractivity contribution >= 4 is 34.8 Å². The van der Waals surface area contributed by atoms with Gasteiger partial charge in [-0.25, -0.2) is 0 Å². The van der Waals surface area contributed by atoms with Crippen molar-refractivity contribution in [3.05, 3.63) is 51.7 Å². The Balaban J connectivity index is 1.90. The van der Waals surface area contributed by atoms with Crippen LogP contribution < -0.4 is 10.1 Å². The van der Waals surface area contributed by atoms with Crippen molar-refractivity contribution in [1.29, 1.82) is 0 Å². The maximum atomic E-state index is 11.9. The smallest absolute Gasteiger partial charge is 0.305 e. The van der Waals surface area contributed by atoms with Crippen LogP contribution in [0.3, 0.4) is 0 Å². The first-order valence-corrected chi connectivity index (χ1v) is 7.73. The van der Waals surface area contributed by atoms with E-state index in [4.69, 9.17) is 21.4 Å². The highest BCUT2D eigenvalue weighted by Gasteiger charge is 2.19. The second-order valence-electron chi connectivity index (χ2n) is 4.48. The van der Waals surface area contributed by atoms with E-state index in [-0.39, 0.29) is 18.9 Å². The highest BCUT2D eigenvalue weighted by atomic mass is 35.5. The number of aliphatic carboxylic acids is 1. The number of carboxylic acid groups (broad SMARTS) is 1. The zero-order chi connectivity index (χ0) is 15.9. The van der Waals surface area contributed by atoms with Gasteiger partial charge in [0.15, 0.2) is 6.61 Å². The van der Waals surface area contributed by atoms with E-state index in [1.54, 1.807) is 30.3 Å². The fraction of sp³-hybridized carbons (Fsp3) is 0.200. The third-order valence-electron chi connectivity index (χ3n) is 2.78. The van der Waals surface area contributed by atoms with Gasteiger partial charge in [-0.05, 0) is 35.7 Å². The first kappa shape index (κ1) is 16.3. The fourth-order valence-electron chi connectivity index (χ4n) is 1.80. The van der Waals surface area contributed by atoms with Gasteiger partial charge in [0, 0.05) is 9.90 Å². The normalized spacial score (nSPS) is 11.7. The van der Waals surface area contributed by atoms with Gasteiger partial charge in [0.1, 0.15) is 5.75 Å². The van der Waals surface area contributed by atoms with E-state index in [1.807, 2.05) is 11.4 Å². The summed E-state index contributed by atoms with van der Waals surface area (Å²) in [4.78, 5) is 23.6. The van der Waals surface area contributed by atoms with Crippen molar-refractivity contribution in [2.24, 2.45) is 0 Å². The van der Waals surface area contributed by atoms with E-state index in [1.165, 1.54) is 11.3 Å². The van der Waals surface area contributed by atoms with Crippen LogP contribution in [0.1, 0.15) is 17.3 Å². The van der Waals surface area contributed by atoms with Crippen LogP contribution >= 0.6 is 22.9 Å². The van der Waals surface area contributed by atoms with Crippen LogP contribution in [-0.4, -0.2) is 23.6 Å². The van der Waals surface area contributed by atoms with Crippen LogP contribution in [0.4, 0.5) is 0 Å². The summed E-state index contributed by atoms with van der Waals surface area (Å²) >= 11 is 7.16. The molecule has 2 rings (SSSR count). The molecule has 2 aromatic rings. The molecule has 7 heteroatoms. The van der Waals surface area contributed by atoms with E-state index >= 15 is 0 Å².